The van der Waals surface area contributed by atoms with Crippen molar-refractivity contribution in [2.24, 2.45) is 0 Å². The van der Waals surface area contributed by atoms with E-state index in [2.05, 4.69) is 20.4 Å². The Hall–Kier alpha value is -3.45. The fraction of sp³-hybridized carbons (Fsp3) is 0.261. The second kappa shape index (κ2) is 7.42. The molecule has 1 atom stereocenters. The van der Waals surface area contributed by atoms with Crippen molar-refractivity contribution >= 4 is 22.6 Å². The van der Waals surface area contributed by atoms with Crippen molar-refractivity contribution in [2.45, 2.75) is 32.8 Å². The Kier molecular flexibility index (Phi) is 4.59. The second-order valence-corrected chi connectivity index (χ2v) is 7.70. The number of rotatable bonds is 4. The summed E-state index contributed by atoms with van der Waals surface area (Å²) in [6.07, 6.45) is 2.08. The van der Waals surface area contributed by atoms with Crippen LogP contribution in [0.2, 0.25) is 0 Å². The number of carbonyl (C=O) groups is 1. The molecule has 0 bridgehead atoms. The number of hydrogen-bond donors (Lipinski definition) is 2. The van der Waals surface area contributed by atoms with Gasteiger partial charge in [0.25, 0.3) is 5.91 Å². The van der Waals surface area contributed by atoms with Crippen LogP contribution in [0.25, 0.3) is 16.7 Å². The summed E-state index contributed by atoms with van der Waals surface area (Å²) >= 11 is 0. The van der Waals surface area contributed by atoms with Gasteiger partial charge in [0.1, 0.15) is 11.9 Å². The third-order valence-electron chi connectivity index (χ3n) is 5.38. The molecule has 2 aromatic heterocycles. The number of nitrogens with zero attached hydrogens (tertiary/aromatic N) is 3. The summed E-state index contributed by atoms with van der Waals surface area (Å²) in [6, 6.07) is 15.1. The fourth-order valence-electron chi connectivity index (χ4n) is 3.90. The molecule has 1 amide bonds. The van der Waals surface area contributed by atoms with Crippen LogP contribution in [0.1, 0.15) is 46.5 Å². The number of aromatic amines is 1. The predicted molar refractivity (Wildman–Crippen MR) is 115 cm³/mol. The maximum atomic E-state index is 12.7. The SMILES string of the molecule is Cc1cc(C)n(-c2ccc(C(=O)Nc3ccc4nc([C@@H]5CCCO5)[nH]c4c3)cc2)n1. The Bertz CT molecular complexity index is 1220. The Labute approximate surface area is 174 Å². The first-order valence-electron chi connectivity index (χ1n) is 10.1. The molecule has 0 spiro atoms. The molecular formula is C23H23N5O2. The lowest BCUT2D eigenvalue weighted by Crippen LogP contribution is -2.12. The highest BCUT2D eigenvalue weighted by Gasteiger charge is 2.21. The zero-order chi connectivity index (χ0) is 20.7. The van der Waals surface area contributed by atoms with Crippen LogP contribution in [0.3, 0.4) is 0 Å². The van der Waals surface area contributed by atoms with Gasteiger partial charge in [0, 0.05) is 23.6 Å². The largest absolute Gasteiger partial charge is 0.370 e. The van der Waals surface area contributed by atoms with E-state index in [4.69, 9.17) is 4.74 Å². The topological polar surface area (TPSA) is 84.8 Å². The van der Waals surface area contributed by atoms with E-state index < -0.39 is 0 Å². The highest BCUT2D eigenvalue weighted by atomic mass is 16.5. The van der Waals surface area contributed by atoms with E-state index in [0.29, 0.717) is 5.56 Å². The molecule has 2 N–H and O–H groups in total. The summed E-state index contributed by atoms with van der Waals surface area (Å²) in [5, 5.41) is 7.44. The van der Waals surface area contributed by atoms with E-state index >= 15 is 0 Å². The van der Waals surface area contributed by atoms with Crippen LogP contribution >= 0.6 is 0 Å². The summed E-state index contributed by atoms with van der Waals surface area (Å²) in [4.78, 5) is 20.6. The molecule has 5 rings (SSSR count). The minimum absolute atomic E-state index is 0.0381. The van der Waals surface area contributed by atoms with Gasteiger partial charge in [0.05, 0.1) is 22.4 Å². The molecular weight excluding hydrogens is 378 g/mol. The van der Waals surface area contributed by atoms with Crippen LogP contribution in [0, 0.1) is 13.8 Å². The summed E-state index contributed by atoms with van der Waals surface area (Å²) in [7, 11) is 0. The van der Waals surface area contributed by atoms with E-state index in [-0.39, 0.29) is 12.0 Å². The minimum atomic E-state index is -0.159. The molecule has 152 valence electrons. The molecule has 4 aromatic rings. The number of aryl methyl sites for hydroxylation is 2. The number of nitrogens with one attached hydrogen (secondary N) is 2. The lowest BCUT2D eigenvalue weighted by molar-refractivity contribution is 0.102. The maximum Gasteiger partial charge on any atom is 0.255 e. The Morgan fingerprint density at radius 3 is 2.70 bits per heavy atom. The number of carbonyl (C=O) groups excluding carboxylic acids is 1. The Morgan fingerprint density at radius 1 is 1.17 bits per heavy atom. The van der Waals surface area contributed by atoms with Crippen LogP contribution in [0.4, 0.5) is 5.69 Å². The van der Waals surface area contributed by atoms with Crippen molar-refractivity contribution in [3.8, 4) is 5.69 Å². The first-order chi connectivity index (χ1) is 14.6. The molecule has 1 aliphatic rings. The Balaban J connectivity index is 1.33. The zero-order valence-electron chi connectivity index (χ0n) is 17.0. The number of imidazole rings is 1. The van der Waals surface area contributed by atoms with Gasteiger partial charge in [-0.15, -0.1) is 0 Å². The molecule has 2 aromatic carbocycles. The average Bonchev–Trinajstić information content (AvgIpc) is 3.47. The van der Waals surface area contributed by atoms with Gasteiger partial charge in [-0.3, -0.25) is 4.79 Å². The molecule has 30 heavy (non-hydrogen) atoms. The van der Waals surface area contributed by atoms with Gasteiger partial charge < -0.3 is 15.0 Å². The zero-order valence-corrected chi connectivity index (χ0v) is 17.0. The first-order valence-corrected chi connectivity index (χ1v) is 10.1. The summed E-state index contributed by atoms with van der Waals surface area (Å²) in [6.45, 7) is 4.75. The van der Waals surface area contributed by atoms with Gasteiger partial charge >= 0.3 is 0 Å². The molecule has 1 fully saturated rings. The van der Waals surface area contributed by atoms with Crippen LogP contribution in [-0.4, -0.2) is 32.3 Å². The van der Waals surface area contributed by atoms with Crippen molar-refractivity contribution in [1.29, 1.82) is 0 Å². The van der Waals surface area contributed by atoms with Gasteiger partial charge in [0.2, 0.25) is 0 Å². The lowest BCUT2D eigenvalue weighted by Gasteiger charge is -2.08. The van der Waals surface area contributed by atoms with E-state index in [1.807, 2.05) is 67.1 Å². The van der Waals surface area contributed by atoms with E-state index in [1.54, 1.807) is 0 Å². The number of fused-ring (bicyclic) bond motifs is 1. The molecule has 0 unspecified atom stereocenters. The van der Waals surface area contributed by atoms with Crippen LogP contribution in [0.15, 0.2) is 48.5 Å². The van der Waals surface area contributed by atoms with Crippen molar-refractivity contribution in [2.75, 3.05) is 11.9 Å². The Morgan fingerprint density at radius 2 is 2.00 bits per heavy atom. The van der Waals surface area contributed by atoms with Crippen LogP contribution in [0.5, 0.6) is 0 Å². The standard InChI is InChI=1S/C23H23N5O2/c1-14-12-15(2)28(27-14)18-8-5-16(6-9-18)23(29)24-17-7-10-19-20(13-17)26-22(25-19)21-4-3-11-30-21/h5-10,12-13,21H,3-4,11H2,1-2H3,(H,24,29)(H,25,26)/t21-/m0/s1. The van der Waals surface area contributed by atoms with Crippen molar-refractivity contribution in [1.82, 2.24) is 19.7 Å². The molecule has 0 radical (unpaired) electrons. The van der Waals surface area contributed by atoms with Gasteiger partial charge in [-0.25, -0.2) is 9.67 Å². The number of anilines is 1. The minimum Gasteiger partial charge on any atom is -0.370 e. The van der Waals surface area contributed by atoms with Crippen molar-refractivity contribution in [3.63, 3.8) is 0 Å². The average molecular weight is 401 g/mol. The summed E-state index contributed by atoms with van der Waals surface area (Å²) < 4.78 is 7.57. The normalized spacial score (nSPS) is 16.3. The molecule has 1 saturated heterocycles. The highest BCUT2D eigenvalue weighted by molar-refractivity contribution is 6.05. The summed E-state index contributed by atoms with van der Waals surface area (Å²) in [5.41, 5.74) is 6.01. The quantitative estimate of drug-likeness (QED) is 0.528. The predicted octanol–water partition coefficient (Wildman–Crippen LogP) is 4.47. The third kappa shape index (κ3) is 3.48. The highest BCUT2D eigenvalue weighted by Crippen LogP contribution is 2.28. The molecule has 1 aliphatic heterocycles. The van der Waals surface area contributed by atoms with E-state index in [0.717, 1.165) is 59.1 Å². The van der Waals surface area contributed by atoms with E-state index in [1.165, 1.54) is 0 Å². The lowest BCUT2D eigenvalue weighted by atomic mass is 10.2. The number of H-pyrrole nitrogens is 1. The van der Waals surface area contributed by atoms with Crippen LogP contribution < -0.4 is 5.32 Å². The molecule has 3 heterocycles. The van der Waals surface area contributed by atoms with Crippen molar-refractivity contribution in [3.05, 3.63) is 71.3 Å². The van der Waals surface area contributed by atoms with Gasteiger partial charge in [0.15, 0.2) is 0 Å². The number of aromatic nitrogens is 4. The third-order valence-corrected chi connectivity index (χ3v) is 5.38. The molecule has 0 saturated carbocycles. The number of hydrogen-bond acceptors (Lipinski definition) is 4. The van der Waals surface area contributed by atoms with Gasteiger partial charge in [-0.1, -0.05) is 0 Å². The fourth-order valence-corrected chi connectivity index (χ4v) is 3.90. The molecule has 7 heteroatoms. The van der Waals surface area contributed by atoms with Crippen molar-refractivity contribution < 1.29 is 9.53 Å². The first kappa shape index (κ1) is 18.6. The van der Waals surface area contributed by atoms with Crippen LogP contribution in [-0.2, 0) is 4.74 Å². The van der Waals surface area contributed by atoms with Gasteiger partial charge in [-0.2, -0.15) is 5.10 Å². The summed E-state index contributed by atoms with van der Waals surface area (Å²) in [5.74, 6) is 0.693. The number of benzene rings is 2. The molecule has 7 nitrogen and oxygen atoms in total. The number of ether oxygens (including phenoxy) is 1. The smallest absolute Gasteiger partial charge is 0.255 e. The van der Waals surface area contributed by atoms with Gasteiger partial charge in [-0.05, 0) is 75.2 Å². The monoisotopic (exact) mass is 401 g/mol. The molecule has 0 aliphatic carbocycles. The second-order valence-electron chi connectivity index (χ2n) is 7.70. The maximum absolute atomic E-state index is 12.7. The number of amides is 1. The van der Waals surface area contributed by atoms with E-state index in [9.17, 15) is 4.79 Å².